The van der Waals surface area contributed by atoms with E-state index in [2.05, 4.69) is 25.6 Å². The predicted molar refractivity (Wildman–Crippen MR) is 92.9 cm³/mol. The highest BCUT2D eigenvalue weighted by Gasteiger charge is 2.12. The van der Waals surface area contributed by atoms with Gasteiger partial charge in [0.25, 0.3) is 0 Å². The fourth-order valence-corrected chi connectivity index (χ4v) is 2.35. The molecule has 0 atom stereocenters. The van der Waals surface area contributed by atoms with Crippen LogP contribution >= 0.6 is 11.6 Å². The fourth-order valence-electron chi connectivity index (χ4n) is 2.22. The van der Waals surface area contributed by atoms with E-state index in [1.807, 2.05) is 24.1 Å². The van der Waals surface area contributed by atoms with Gasteiger partial charge in [0, 0.05) is 30.7 Å². The molecule has 0 saturated heterocycles. The summed E-state index contributed by atoms with van der Waals surface area (Å²) < 4.78 is 10.1. The molecule has 130 valence electrons. The van der Waals surface area contributed by atoms with E-state index in [0.29, 0.717) is 35.8 Å². The lowest BCUT2D eigenvalue weighted by Gasteiger charge is -2.20. The summed E-state index contributed by atoms with van der Waals surface area (Å²) in [5, 5.41) is 11.7. The molecule has 8 nitrogen and oxygen atoms in total. The molecule has 0 aliphatic heterocycles. The first-order valence-corrected chi connectivity index (χ1v) is 7.93. The second-order valence-electron chi connectivity index (χ2n) is 5.27. The molecule has 3 aromatic rings. The Balaban J connectivity index is 1.59. The Labute approximate surface area is 149 Å². The van der Waals surface area contributed by atoms with Crippen molar-refractivity contribution in [2.24, 2.45) is 4.99 Å². The third-order valence-electron chi connectivity index (χ3n) is 3.43. The van der Waals surface area contributed by atoms with Crippen molar-refractivity contribution in [3.63, 3.8) is 0 Å². The first-order valence-electron chi connectivity index (χ1n) is 7.55. The summed E-state index contributed by atoms with van der Waals surface area (Å²) in [6.07, 6.45) is 1.54. The van der Waals surface area contributed by atoms with E-state index in [1.54, 1.807) is 25.2 Å². The summed E-state index contributed by atoms with van der Waals surface area (Å²) in [5.41, 5.74) is 1.65. The molecule has 0 aliphatic rings. The number of nitrogens with zero attached hydrogens (tertiary/aromatic N) is 5. The summed E-state index contributed by atoms with van der Waals surface area (Å²) in [6.45, 7) is 0.923. The maximum Gasteiger partial charge on any atom is 0.246 e. The molecule has 2 aromatic heterocycles. The summed E-state index contributed by atoms with van der Waals surface area (Å²) in [5.74, 6) is 1.65. The Hall–Kier alpha value is -2.87. The van der Waals surface area contributed by atoms with Crippen LogP contribution in [0.15, 0.2) is 50.6 Å². The lowest BCUT2D eigenvalue weighted by molar-refractivity contribution is 0.368. The first kappa shape index (κ1) is 17.0. The van der Waals surface area contributed by atoms with Crippen LogP contribution in [-0.2, 0) is 13.1 Å². The van der Waals surface area contributed by atoms with Gasteiger partial charge in [-0.2, -0.15) is 4.98 Å². The second kappa shape index (κ2) is 7.80. The summed E-state index contributed by atoms with van der Waals surface area (Å²) >= 11 is 5.88. The molecule has 25 heavy (non-hydrogen) atoms. The van der Waals surface area contributed by atoms with Crippen LogP contribution in [0.1, 0.15) is 11.6 Å². The van der Waals surface area contributed by atoms with Crippen molar-refractivity contribution >= 4 is 17.6 Å². The molecule has 2 heterocycles. The standard InChI is InChI=1S/C16H17ClN6O2/c1-18-16(23(2)10-13-7-8-24-21-13)19-9-14-20-15(22-25-14)11-3-5-12(17)6-4-11/h3-8H,9-10H2,1-2H3,(H,18,19). The van der Waals surface area contributed by atoms with E-state index >= 15 is 0 Å². The van der Waals surface area contributed by atoms with Crippen LogP contribution in [0.25, 0.3) is 11.4 Å². The van der Waals surface area contributed by atoms with Crippen molar-refractivity contribution in [2.75, 3.05) is 14.1 Å². The molecule has 1 N–H and O–H groups in total. The minimum atomic E-state index is 0.358. The van der Waals surface area contributed by atoms with Gasteiger partial charge >= 0.3 is 0 Å². The van der Waals surface area contributed by atoms with Crippen molar-refractivity contribution in [1.29, 1.82) is 0 Å². The molecule has 0 spiro atoms. The Morgan fingerprint density at radius 3 is 2.72 bits per heavy atom. The van der Waals surface area contributed by atoms with Gasteiger partial charge in [0.15, 0.2) is 5.96 Å². The molecule has 0 aliphatic carbocycles. The highest BCUT2D eigenvalue weighted by molar-refractivity contribution is 6.30. The largest absolute Gasteiger partial charge is 0.364 e. The number of benzene rings is 1. The molecule has 9 heteroatoms. The number of aliphatic imine (C=N–C) groups is 1. The quantitative estimate of drug-likeness (QED) is 0.552. The fraction of sp³-hybridized carbons (Fsp3) is 0.250. The topological polar surface area (TPSA) is 92.6 Å². The van der Waals surface area contributed by atoms with Crippen molar-refractivity contribution in [1.82, 2.24) is 25.5 Å². The van der Waals surface area contributed by atoms with Crippen LogP contribution in [0.3, 0.4) is 0 Å². The zero-order chi connectivity index (χ0) is 17.6. The number of nitrogens with one attached hydrogen (secondary N) is 1. The Morgan fingerprint density at radius 2 is 2.04 bits per heavy atom. The minimum absolute atomic E-state index is 0.358. The minimum Gasteiger partial charge on any atom is -0.364 e. The first-order chi connectivity index (χ1) is 12.2. The normalized spacial score (nSPS) is 11.6. The third kappa shape index (κ3) is 4.36. The number of guanidine groups is 1. The number of hydrogen-bond donors (Lipinski definition) is 1. The third-order valence-corrected chi connectivity index (χ3v) is 3.68. The zero-order valence-corrected chi connectivity index (χ0v) is 14.6. The Morgan fingerprint density at radius 1 is 1.24 bits per heavy atom. The number of rotatable bonds is 5. The highest BCUT2D eigenvalue weighted by atomic mass is 35.5. The Bertz CT molecular complexity index is 829. The predicted octanol–water partition coefficient (Wildman–Crippen LogP) is 2.59. The van der Waals surface area contributed by atoms with E-state index in [1.165, 1.54) is 6.26 Å². The van der Waals surface area contributed by atoms with Crippen molar-refractivity contribution in [3.05, 3.63) is 53.2 Å². The van der Waals surface area contributed by atoms with Gasteiger partial charge in [-0.1, -0.05) is 21.9 Å². The van der Waals surface area contributed by atoms with E-state index in [9.17, 15) is 0 Å². The van der Waals surface area contributed by atoms with Gasteiger partial charge < -0.3 is 19.3 Å². The van der Waals surface area contributed by atoms with Gasteiger partial charge in [0.05, 0.1) is 13.1 Å². The highest BCUT2D eigenvalue weighted by Crippen LogP contribution is 2.18. The molecule has 3 rings (SSSR count). The monoisotopic (exact) mass is 360 g/mol. The molecular formula is C16H17ClN6O2. The second-order valence-corrected chi connectivity index (χ2v) is 5.70. The molecule has 1 aromatic carbocycles. The van der Waals surface area contributed by atoms with Crippen LogP contribution in [0.4, 0.5) is 0 Å². The lowest BCUT2D eigenvalue weighted by Crippen LogP contribution is -2.38. The molecule has 0 amide bonds. The van der Waals surface area contributed by atoms with Crippen LogP contribution in [0.2, 0.25) is 5.02 Å². The number of halogens is 1. The average Bonchev–Trinajstić information content (AvgIpc) is 3.28. The van der Waals surface area contributed by atoms with Gasteiger partial charge in [0.2, 0.25) is 11.7 Å². The SMILES string of the molecule is CN=C(NCc1nc(-c2ccc(Cl)cc2)no1)N(C)Cc1ccon1. The van der Waals surface area contributed by atoms with Crippen LogP contribution < -0.4 is 5.32 Å². The van der Waals surface area contributed by atoms with E-state index < -0.39 is 0 Å². The smallest absolute Gasteiger partial charge is 0.246 e. The summed E-state index contributed by atoms with van der Waals surface area (Å²) in [4.78, 5) is 10.5. The van der Waals surface area contributed by atoms with Gasteiger partial charge in [0.1, 0.15) is 12.0 Å². The lowest BCUT2D eigenvalue weighted by atomic mass is 10.2. The molecule has 0 unspecified atom stereocenters. The van der Waals surface area contributed by atoms with Crippen LogP contribution in [-0.4, -0.2) is 40.3 Å². The van der Waals surface area contributed by atoms with Crippen molar-refractivity contribution in [2.45, 2.75) is 13.1 Å². The van der Waals surface area contributed by atoms with E-state index in [-0.39, 0.29) is 0 Å². The number of aromatic nitrogens is 3. The number of hydrogen-bond acceptors (Lipinski definition) is 6. The average molecular weight is 361 g/mol. The maximum absolute atomic E-state index is 5.88. The van der Waals surface area contributed by atoms with Gasteiger partial charge in [-0.25, -0.2) is 0 Å². The van der Waals surface area contributed by atoms with Gasteiger partial charge in [-0.3, -0.25) is 4.99 Å². The Kier molecular flexibility index (Phi) is 5.30. The van der Waals surface area contributed by atoms with Crippen LogP contribution in [0, 0.1) is 0 Å². The molecular weight excluding hydrogens is 344 g/mol. The molecule has 0 saturated carbocycles. The molecule has 0 fully saturated rings. The molecule has 0 radical (unpaired) electrons. The van der Waals surface area contributed by atoms with Crippen LogP contribution in [0.5, 0.6) is 0 Å². The van der Waals surface area contributed by atoms with Crippen molar-refractivity contribution < 1.29 is 9.05 Å². The maximum atomic E-state index is 5.88. The van der Waals surface area contributed by atoms with Crippen molar-refractivity contribution in [3.8, 4) is 11.4 Å². The summed E-state index contributed by atoms with van der Waals surface area (Å²) in [7, 11) is 3.60. The zero-order valence-electron chi connectivity index (χ0n) is 13.8. The molecule has 0 bridgehead atoms. The van der Waals surface area contributed by atoms with Gasteiger partial charge in [-0.15, -0.1) is 0 Å². The van der Waals surface area contributed by atoms with E-state index in [4.69, 9.17) is 20.6 Å². The van der Waals surface area contributed by atoms with Gasteiger partial charge in [-0.05, 0) is 24.3 Å². The summed E-state index contributed by atoms with van der Waals surface area (Å²) in [6, 6.07) is 9.06. The van der Waals surface area contributed by atoms with E-state index in [0.717, 1.165) is 11.3 Å².